The smallest absolute Gasteiger partial charge is 0.312 e. The maximum Gasteiger partial charge on any atom is 0.312 e. The van der Waals surface area contributed by atoms with Gasteiger partial charge in [0.1, 0.15) is 17.2 Å². The predicted molar refractivity (Wildman–Crippen MR) is 119 cm³/mol. The van der Waals surface area contributed by atoms with Crippen molar-refractivity contribution >= 4 is 32.9 Å². The number of aromatic nitrogens is 2. The maximum atomic E-state index is 12.6. The zero-order valence-corrected chi connectivity index (χ0v) is 18.0. The fraction of sp³-hybridized carbons (Fsp3) is 0.391. The van der Waals surface area contributed by atoms with Crippen LogP contribution in [0.1, 0.15) is 44.9 Å². The number of nitrogens with one attached hydrogen (secondary N) is 2. The molecule has 1 aromatic carbocycles. The lowest BCUT2D eigenvalue weighted by molar-refractivity contribution is -0.117. The molecule has 5 rings (SSSR count). The van der Waals surface area contributed by atoms with Gasteiger partial charge in [-0.25, -0.2) is 4.98 Å². The van der Waals surface area contributed by atoms with Crippen LogP contribution in [-0.2, 0) is 14.9 Å². The molecule has 0 unspecified atom stereocenters. The number of H-pyrrole nitrogens is 1. The molecule has 0 radical (unpaired) electrons. The molecule has 0 aliphatic heterocycles. The van der Waals surface area contributed by atoms with Crippen LogP contribution in [0, 0.1) is 5.92 Å². The van der Waals surface area contributed by atoms with Gasteiger partial charge in [0.15, 0.2) is 0 Å². The first-order valence-corrected chi connectivity index (χ1v) is 12.3. The summed E-state index contributed by atoms with van der Waals surface area (Å²) in [4.78, 5) is 19.8. The highest BCUT2D eigenvalue weighted by molar-refractivity contribution is 7.87. The molecule has 2 fully saturated rings. The summed E-state index contributed by atoms with van der Waals surface area (Å²) in [6, 6.07) is 10.8. The van der Waals surface area contributed by atoms with Crippen molar-refractivity contribution in [1.29, 1.82) is 0 Å². The number of anilines is 1. The monoisotopic (exact) mass is 439 g/mol. The number of fused-ring (bicyclic) bond motifs is 1. The molecule has 2 heterocycles. The molecule has 2 aromatic heterocycles. The molecule has 0 atom stereocenters. The normalized spacial score (nSPS) is 17.5. The van der Waals surface area contributed by atoms with Crippen molar-refractivity contribution in [2.45, 2.75) is 50.2 Å². The molecule has 162 valence electrons. The van der Waals surface area contributed by atoms with Gasteiger partial charge >= 0.3 is 10.1 Å². The molecule has 7 nitrogen and oxygen atoms in total. The van der Waals surface area contributed by atoms with Crippen molar-refractivity contribution in [3.63, 3.8) is 0 Å². The summed E-state index contributed by atoms with van der Waals surface area (Å²) in [6.07, 6.45) is 7.94. The summed E-state index contributed by atoms with van der Waals surface area (Å²) in [6.45, 7) is 0. The van der Waals surface area contributed by atoms with E-state index in [4.69, 9.17) is 4.18 Å². The van der Waals surface area contributed by atoms with Gasteiger partial charge in [0.05, 0.1) is 5.25 Å². The Bertz CT molecular complexity index is 1210. The van der Waals surface area contributed by atoms with Gasteiger partial charge in [-0.3, -0.25) is 4.79 Å². The van der Waals surface area contributed by atoms with E-state index in [0.717, 1.165) is 48.6 Å². The van der Waals surface area contributed by atoms with Crippen molar-refractivity contribution in [2.75, 3.05) is 5.32 Å². The van der Waals surface area contributed by atoms with E-state index in [2.05, 4.69) is 15.3 Å². The summed E-state index contributed by atoms with van der Waals surface area (Å²) in [5, 5.41) is 3.41. The van der Waals surface area contributed by atoms with Crippen LogP contribution in [0.2, 0.25) is 0 Å². The topological polar surface area (TPSA) is 101 Å². The summed E-state index contributed by atoms with van der Waals surface area (Å²) >= 11 is 0. The number of amides is 1. The van der Waals surface area contributed by atoms with Gasteiger partial charge in [-0.2, -0.15) is 8.42 Å². The molecule has 8 heteroatoms. The van der Waals surface area contributed by atoms with Crippen molar-refractivity contribution in [1.82, 2.24) is 9.97 Å². The summed E-state index contributed by atoms with van der Waals surface area (Å²) in [5.74, 6) is 0.908. The van der Waals surface area contributed by atoms with Crippen LogP contribution < -0.4 is 9.50 Å². The highest BCUT2D eigenvalue weighted by Crippen LogP contribution is 2.34. The molecular formula is C23H25N3O4S. The van der Waals surface area contributed by atoms with Crippen LogP contribution >= 0.6 is 0 Å². The minimum atomic E-state index is -3.62. The molecule has 2 aliphatic carbocycles. The van der Waals surface area contributed by atoms with Gasteiger partial charge < -0.3 is 14.5 Å². The van der Waals surface area contributed by atoms with E-state index in [0.29, 0.717) is 30.1 Å². The number of nitrogens with zero attached hydrogens (tertiary/aromatic N) is 1. The van der Waals surface area contributed by atoms with Gasteiger partial charge in [0.25, 0.3) is 0 Å². The number of hydrogen-bond acceptors (Lipinski definition) is 5. The van der Waals surface area contributed by atoms with Crippen molar-refractivity contribution in [3.8, 4) is 16.9 Å². The molecule has 0 saturated heterocycles. The molecule has 0 bridgehead atoms. The number of benzene rings is 1. The molecule has 3 aromatic rings. The highest BCUT2D eigenvalue weighted by Gasteiger charge is 2.30. The maximum absolute atomic E-state index is 12.6. The van der Waals surface area contributed by atoms with E-state index >= 15 is 0 Å². The fourth-order valence-electron chi connectivity index (χ4n) is 4.16. The quantitative estimate of drug-likeness (QED) is 0.546. The van der Waals surface area contributed by atoms with Crippen LogP contribution in [0.25, 0.3) is 22.2 Å². The zero-order chi connectivity index (χ0) is 21.4. The molecule has 0 spiro atoms. The molecule has 2 saturated carbocycles. The van der Waals surface area contributed by atoms with Crippen LogP contribution in [0.15, 0.2) is 42.6 Å². The summed E-state index contributed by atoms with van der Waals surface area (Å²) < 4.78 is 30.6. The summed E-state index contributed by atoms with van der Waals surface area (Å²) in [7, 11) is -3.62. The second-order valence-electron chi connectivity index (χ2n) is 8.42. The average Bonchev–Trinajstić information content (AvgIpc) is 3.52. The third-order valence-corrected chi connectivity index (χ3v) is 7.78. The third kappa shape index (κ3) is 4.30. The van der Waals surface area contributed by atoms with E-state index in [9.17, 15) is 13.2 Å². The number of carbonyl (C=O) groups is 1. The molecule has 2 aliphatic rings. The van der Waals surface area contributed by atoms with E-state index < -0.39 is 15.4 Å². The van der Waals surface area contributed by atoms with E-state index in [-0.39, 0.29) is 11.8 Å². The van der Waals surface area contributed by atoms with Gasteiger partial charge in [-0.1, -0.05) is 31.4 Å². The largest absolute Gasteiger partial charge is 0.382 e. The van der Waals surface area contributed by atoms with Gasteiger partial charge in [0, 0.05) is 17.5 Å². The summed E-state index contributed by atoms with van der Waals surface area (Å²) in [5.41, 5.74) is 2.47. The Kier molecular flexibility index (Phi) is 5.17. The van der Waals surface area contributed by atoms with E-state index in [1.54, 1.807) is 12.1 Å². The van der Waals surface area contributed by atoms with Crippen LogP contribution in [-0.4, -0.2) is 29.5 Å². The zero-order valence-electron chi connectivity index (χ0n) is 17.1. The Morgan fingerprint density at radius 3 is 2.48 bits per heavy atom. The SMILES string of the molecule is O=C(Nc1cc(-c2ccc(OS(=O)(=O)C3CCCCC3)cc2)c2cc[nH]c2n1)C1CC1. The van der Waals surface area contributed by atoms with Gasteiger partial charge in [0.2, 0.25) is 5.91 Å². The van der Waals surface area contributed by atoms with E-state index in [1.807, 2.05) is 30.5 Å². The van der Waals surface area contributed by atoms with E-state index in [1.165, 1.54) is 0 Å². The molecular weight excluding hydrogens is 414 g/mol. The third-order valence-electron chi connectivity index (χ3n) is 6.07. The van der Waals surface area contributed by atoms with Gasteiger partial charge in [-0.15, -0.1) is 0 Å². The first kappa shape index (κ1) is 20.1. The number of pyridine rings is 1. The lowest BCUT2D eigenvalue weighted by Gasteiger charge is -2.21. The Hall–Kier alpha value is -2.87. The second-order valence-corrected chi connectivity index (χ2v) is 10.2. The van der Waals surface area contributed by atoms with Crippen molar-refractivity contribution in [2.24, 2.45) is 5.92 Å². The van der Waals surface area contributed by atoms with Crippen molar-refractivity contribution < 1.29 is 17.4 Å². The lowest BCUT2D eigenvalue weighted by Crippen LogP contribution is -2.28. The highest BCUT2D eigenvalue weighted by atomic mass is 32.2. The standard InChI is InChI=1S/C23H25N3O4S/c27-23(16-6-7-16)26-21-14-20(19-12-13-24-22(19)25-21)15-8-10-17(11-9-15)30-31(28,29)18-4-2-1-3-5-18/h8-14,16,18H,1-7H2,(H2,24,25,26,27). The number of carbonyl (C=O) groups excluding carboxylic acids is 1. The lowest BCUT2D eigenvalue weighted by atomic mass is 10.0. The first-order chi connectivity index (χ1) is 15.0. The second kappa shape index (κ2) is 8.00. The fourth-order valence-corrected chi connectivity index (χ4v) is 5.59. The first-order valence-electron chi connectivity index (χ1n) is 10.8. The number of rotatable bonds is 6. The molecule has 31 heavy (non-hydrogen) atoms. The van der Waals surface area contributed by atoms with Gasteiger partial charge in [-0.05, 0) is 61.1 Å². The minimum Gasteiger partial charge on any atom is -0.382 e. The Balaban J connectivity index is 1.40. The number of hydrogen-bond donors (Lipinski definition) is 2. The molecule has 1 amide bonds. The van der Waals surface area contributed by atoms with Crippen LogP contribution in [0.5, 0.6) is 5.75 Å². The minimum absolute atomic E-state index is 0.000948. The van der Waals surface area contributed by atoms with Crippen molar-refractivity contribution in [3.05, 3.63) is 42.6 Å². The predicted octanol–water partition coefficient (Wildman–Crippen LogP) is 4.62. The number of aromatic amines is 1. The van der Waals surface area contributed by atoms with Crippen LogP contribution in [0.3, 0.4) is 0 Å². The molecule has 2 N–H and O–H groups in total. The Morgan fingerprint density at radius 1 is 1.03 bits per heavy atom. The van der Waals surface area contributed by atoms with Crippen LogP contribution in [0.4, 0.5) is 5.82 Å². The Labute approximate surface area is 181 Å². The average molecular weight is 440 g/mol. The Morgan fingerprint density at radius 2 is 1.77 bits per heavy atom.